The molecule has 2 amide bonds. The smallest absolute Gasteiger partial charge is 0.306 e. The van der Waals surface area contributed by atoms with Crippen LogP contribution in [0.2, 0.25) is 0 Å². The number of hydrogen-bond donors (Lipinski definition) is 2. The molecular weight excluding hydrogens is 324 g/mol. The molecule has 2 rings (SSSR count). The van der Waals surface area contributed by atoms with E-state index in [1.807, 2.05) is 0 Å². The van der Waals surface area contributed by atoms with Crippen molar-refractivity contribution >= 4 is 17.8 Å². The van der Waals surface area contributed by atoms with Crippen LogP contribution in [0, 0.1) is 5.92 Å². The first-order valence-electron chi connectivity index (χ1n) is 8.17. The third-order valence-corrected chi connectivity index (χ3v) is 4.64. The number of nitrogens with one attached hydrogen (secondary N) is 1. The van der Waals surface area contributed by atoms with Crippen molar-refractivity contribution < 1.29 is 24.2 Å². The summed E-state index contributed by atoms with van der Waals surface area (Å²) in [7, 11) is 3.23. The Labute approximate surface area is 147 Å². The molecule has 1 aromatic rings. The lowest BCUT2D eigenvalue weighted by molar-refractivity contribution is -0.142. The number of nitrogens with zero attached hydrogens (tertiary/aromatic N) is 1. The van der Waals surface area contributed by atoms with Crippen LogP contribution in [0.4, 0.5) is 0 Å². The first kappa shape index (κ1) is 18.8. The van der Waals surface area contributed by atoms with Crippen LogP contribution in [0.1, 0.15) is 31.7 Å². The Hall–Kier alpha value is -2.57. The fourth-order valence-corrected chi connectivity index (χ4v) is 3.03. The fourth-order valence-electron chi connectivity index (χ4n) is 3.03. The lowest BCUT2D eigenvalue weighted by Crippen LogP contribution is -2.50. The minimum absolute atomic E-state index is 0.0762. The van der Waals surface area contributed by atoms with E-state index in [9.17, 15) is 19.5 Å². The maximum Gasteiger partial charge on any atom is 0.306 e. The van der Waals surface area contributed by atoms with Crippen molar-refractivity contribution in [2.45, 2.75) is 31.7 Å². The van der Waals surface area contributed by atoms with E-state index in [1.165, 1.54) is 7.11 Å². The van der Waals surface area contributed by atoms with E-state index in [0.717, 1.165) is 0 Å². The topological polar surface area (TPSA) is 95.9 Å². The lowest BCUT2D eigenvalue weighted by atomic mass is 9.86. The molecule has 7 nitrogen and oxygen atoms in total. The van der Waals surface area contributed by atoms with E-state index in [1.54, 1.807) is 43.1 Å². The molecule has 2 unspecified atom stereocenters. The zero-order valence-corrected chi connectivity index (χ0v) is 14.7. The third-order valence-electron chi connectivity index (χ3n) is 4.64. The van der Waals surface area contributed by atoms with Crippen molar-refractivity contribution in [2.24, 2.45) is 5.92 Å². The van der Waals surface area contributed by atoms with Crippen LogP contribution < -0.4 is 10.1 Å². The van der Waals surface area contributed by atoms with Crippen molar-refractivity contribution in [3.05, 3.63) is 29.8 Å². The molecule has 7 heteroatoms. The molecule has 0 aliphatic carbocycles. The largest absolute Gasteiger partial charge is 0.497 e. The lowest BCUT2D eigenvalue weighted by Gasteiger charge is -2.34. The van der Waals surface area contributed by atoms with E-state index in [0.29, 0.717) is 24.3 Å². The van der Waals surface area contributed by atoms with Crippen LogP contribution in [0.15, 0.2) is 24.3 Å². The normalized spacial score (nSPS) is 19.9. The first-order chi connectivity index (χ1) is 11.7. The SMILES string of the molecule is COc1cccc(C(C)(CC(=O)O)NC(=O)C2CCN(C)C(=O)C2)c1. The molecule has 1 heterocycles. The third kappa shape index (κ3) is 4.49. The Morgan fingerprint density at radius 1 is 1.44 bits per heavy atom. The van der Waals surface area contributed by atoms with Gasteiger partial charge in [-0.15, -0.1) is 0 Å². The van der Waals surface area contributed by atoms with Gasteiger partial charge in [-0.05, 0) is 31.0 Å². The summed E-state index contributed by atoms with van der Waals surface area (Å²) in [6.45, 7) is 2.19. The van der Waals surface area contributed by atoms with Gasteiger partial charge in [0.1, 0.15) is 5.75 Å². The molecule has 136 valence electrons. The second-order valence-corrected chi connectivity index (χ2v) is 6.63. The highest BCUT2D eigenvalue weighted by atomic mass is 16.5. The number of hydrogen-bond acceptors (Lipinski definition) is 4. The molecule has 25 heavy (non-hydrogen) atoms. The van der Waals surface area contributed by atoms with Gasteiger partial charge in [-0.25, -0.2) is 0 Å². The van der Waals surface area contributed by atoms with Gasteiger partial charge >= 0.3 is 5.97 Å². The van der Waals surface area contributed by atoms with Crippen molar-refractivity contribution in [2.75, 3.05) is 20.7 Å². The molecule has 1 fully saturated rings. The Bertz CT molecular complexity index is 675. The minimum Gasteiger partial charge on any atom is -0.497 e. The molecular formula is C18H24N2O5. The van der Waals surface area contributed by atoms with Crippen LogP contribution in [0.3, 0.4) is 0 Å². The van der Waals surface area contributed by atoms with E-state index in [2.05, 4.69) is 5.32 Å². The number of amides is 2. The molecule has 0 bridgehead atoms. The maximum atomic E-state index is 12.7. The molecule has 0 aromatic heterocycles. The van der Waals surface area contributed by atoms with Crippen LogP contribution in [-0.4, -0.2) is 48.5 Å². The van der Waals surface area contributed by atoms with Gasteiger partial charge in [-0.1, -0.05) is 12.1 Å². The van der Waals surface area contributed by atoms with Crippen molar-refractivity contribution in [1.82, 2.24) is 10.2 Å². The van der Waals surface area contributed by atoms with Gasteiger partial charge in [0.2, 0.25) is 11.8 Å². The van der Waals surface area contributed by atoms with E-state index in [4.69, 9.17) is 4.74 Å². The first-order valence-corrected chi connectivity index (χ1v) is 8.17. The summed E-state index contributed by atoms with van der Waals surface area (Å²) < 4.78 is 5.19. The predicted molar refractivity (Wildman–Crippen MR) is 91.1 cm³/mol. The number of carbonyl (C=O) groups is 3. The van der Waals surface area contributed by atoms with Crippen molar-refractivity contribution in [3.8, 4) is 5.75 Å². The Morgan fingerprint density at radius 2 is 2.16 bits per heavy atom. The Balaban J connectivity index is 2.23. The number of ether oxygens (including phenoxy) is 1. The van der Waals surface area contributed by atoms with Crippen LogP contribution in [0.5, 0.6) is 5.75 Å². The summed E-state index contributed by atoms with van der Waals surface area (Å²) in [4.78, 5) is 37.5. The van der Waals surface area contributed by atoms with Crippen LogP contribution >= 0.6 is 0 Å². The van der Waals surface area contributed by atoms with Gasteiger partial charge in [0.05, 0.1) is 19.1 Å². The second kappa shape index (κ2) is 7.55. The number of carboxylic acid groups (broad SMARTS) is 1. The molecule has 1 saturated heterocycles. The van der Waals surface area contributed by atoms with Crippen molar-refractivity contribution in [1.29, 1.82) is 0 Å². The Morgan fingerprint density at radius 3 is 2.76 bits per heavy atom. The number of rotatable bonds is 6. The van der Waals surface area contributed by atoms with Gasteiger partial charge < -0.3 is 20.1 Å². The molecule has 1 aliphatic rings. The van der Waals surface area contributed by atoms with Gasteiger partial charge in [0.25, 0.3) is 0 Å². The van der Waals surface area contributed by atoms with Gasteiger partial charge in [0, 0.05) is 25.9 Å². The molecule has 0 saturated carbocycles. The molecule has 0 radical (unpaired) electrons. The summed E-state index contributed by atoms with van der Waals surface area (Å²) in [5.74, 6) is -1.26. The average molecular weight is 348 g/mol. The van der Waals surface area contributed by atoms with Crippen molar-refractivity contribution in [3.63, 3.8) is 0 Å². The highest BCUT2D eigenvalue weighted by Crippen LogP contribution is 2.29. The zero-order valence-electron chi connectivity index (χ0n) is 14.7. The average Bonchev–Trinajstić information content (AvgIpc) is 2.56. The number of piperidine rings is 1. The molecule has 1 aromatic carbocycles. The van der Waals surface area contributed by atoms with E-state index in [-0.39, 0.29) is 24.7 Å². The predicted octanol–water partition coefficient (Wildman–Crippen LogP) is 1.37. The zero-order chi connectivity index (χ0) is 18.6. The second-order valence-electron chi connectivity index (χ2n) is 6.63. The van der Waals surface area contributed by atoms with Gasteiger partial charge in [0.15, 0.2) is 0 Å². The number of likely N-dealkylation sites (tertiary alicyclic amines) is 1. The summed E-state index contributed by atoms with van der Waals surface area (Å²) in [5.41, 5.74) is -0.453. The fraction of sp³-hybridized carbons (Fsp3) is 0.500. The Kier molecular flexibility index (Phi) is 5.66. The number of benzene rings is 1. The number of methoxy groups -OCH3 is 1. The highest BCUT2D eigenvalue weighted by Gasteiger charge is 2.36. The summed E-state index contributed by atoms with van der Waals surface area (Å²) in [6, 6.07) is 6.97. The van der Waals surface area contributed by atoms with E-state index >= 15 is 0 Å². The standard InChI is InChI=1S/C18H24N2O5/c1-18(11-16(22)23,13-5-4-6-14(10-13)25-3)19-17(24)12-7-8-20(2)15(21)9-12/h4-6,10,12H,7-9,11H2,1-3H3,(H,19,24)(H,22,23). The number of aliphatic carboxylic acids is 1. The van der Waals surface area contributed by atoms with Crippen LogP contribution in [-0.2, 0) is 19.9 Å². The summed E-state index contributed by atoms with van der Waals surface area (Å²) in [6.07, 6.45) is 0.436. The maximum absolute atomic E-state index is 12.7. The summed E-state index contributed by atoms with van der Waals surface area (Å²) in [5, 5.41) is 12.1. The monoisotopic (exact) mass is 348 g/mol. The van der Waals surface area contributed by atoms with E-state index < -0.39 is 17.4 Å². The number of carbonyl (C=O) groups excluding carboxylic acids is 2. The van der Waals surface area contributed by atoms with Gasteiger partial charge in [-0.3, -0.25) is 14.4 Å². The molecule has 2 atom stereocenters. The van der Waals surface area contributed by atoms with Gasteiger partial charge in [-0.2, -0.15) is 0 Å². The molecule has 0 spiro atoms. The molecule has 1 aliphatic heterocycles. The minimum atomic E-state index is -1.09. The highest BCUT2D eigenvalue weighted by molar-refractivity contribution is 5.87. The quantitative estimate of drug-likeness (QED) is 0.809. The van der Waals surface area contributed by atoms with Crippen LogP contribution in [0.25, 0.3) is 0 Å². The number of carboxylic acids is 1. The molecule has 2 N–H and O–H groups in total. The summed E-state index contributed by atoms with van der Waals surface area (Å²) >= 11 is 0.